The van der Waals surface area contributed by atoms with Gasteiger partial charge in [0.15, 0.2) is 0 Å². The summed E-state index contributed by atoms with van der Waals surface area (Å²) in [6.07, 6.45) is 2.71. The van der Waals surface area contributed by atoms with Crippen molar-refractivity contribution in [1.29, 1.82) is 0 Å². The topological polar surface area (TPSA) is 58.8 Å². The number of aryl methyl sites for hydroxylation is 1. The van der Waals surface area contributed by atoms with Gasteiger partial charge in [-0.2, -0.15) is 0 Å². The molecule has 1 aliphatic carbocycles. The molecule has 0 aromatic heterocycles. The number of carbonyl (C=O) groups is 1. The predicted molar refractivity (Wildman–Crippen MR) is 83.7 cm³/mol. The summed E-state index contributed by atoms with van der Waals surface area (Å²) in [6, 6.07) is 4.75. The summed E-state index contributed by atoms with van der Waals surface area (Å²) in [6.45, 7) is 6.13. The Bertz CT molecular complexity index is 547. The van der Waals surface area contributed by atoms with Crippen LogP contribution in [0.25, 0.3) is 0 Å². The number of hydrogen-bond donors (Lipinski definition) is 1. The van der Waals surface area contributed by atoms with E-state index in [9.17, 15) is 4.79 Å². The van der Waals surface area contributed by atoms with Crippen LogP contribution in [0.5, 0.6) is 0 Å². The second kappa shape index (κ2) is 5.56. The van der Waals surface area contributed by atoms with Gasteiger partial charge in [-0.25, -0.2) is 4.79 Å². The molecule has 1 heterocycles. The van der Waals surface area contributed by atoms with Gasteiger partial charge in [-0.05, 0) is 37.5 Å². The van der Waals surface area contributed by atoms with E-state index < -0.39 is 0 Å². The zero-order chi connectivity index (χ0) is 15.0. The number of anilines is 2. The first-order valence-electron chi connectivity index (χ1n) is 7.57. The molecule has 5 nitrogen and oxygen atoms in total. The fourth-order valence-electron chi connectivity index (χ4n) is 3.03. The van der Waals surface area contributed by atoms with E-state index in [2.05, 4.69) is 15.9 Å². The third-order valence-electron chi connectivity index (χ3n) is 4.52. The molecule has 1 aromatic carbocycles. The molecule has 2 aliphatic rings. The summed E-state index contributed by atoms with van der Waals surface area (Å²) in [4.78, 5) is 16.7. The SMILES string of the molecule is COC(=O)c1cc(N2CCN(C3CC3)CC2)cc(C)c1N. The molecule has 0 radical (unpaired) electrons. The van der Waals surface area contributed by atoms with Crippen LogP contribution < -0.4 is 10.6 Å². The van der Waals surface area contributed by atoms with Crippen molar-refractivity contribution in [1.82, 2.24) is 4.90 Å². The number of carbonyl (C=O) groups excluding carboxylic acids is 1. The van der Waals surface area contributed by atoms with Crippen LogP contribution in [0.1, 0.15) is 28.8 Å². The van der Waals surface area contributed by atoms with Gasteiger partial charge < -0.3 is 15.4 Å². The molecule has 0 spiro atoms. The lowest BCUT2D eigenvalue weighted by atomic mass is 10.1. The minimum Gasteiger partial charge on any atom is -0.465 e. The average Bonchev–Trinajstić information content (AvgIpc) is 3.34. The minimum atomic E-state index is -0.367. The van der Waals surface area contributed by atoms with E-state index in [1.807, 2.05) is 13.0 Å². The number of hydrogen-bond acceptors (Lipinski definition) is 5. The lowest BCUT2D eigenvalue weighted by molar-refractivity contribution is 0.0602. The monoisotopic (exact) mass is 289 g/mol. The van der Waals surface area contributed by atoms with E-state index in [1.54, 1.807) is 0 Å². The van der Waals surface area contributed by atoms with Crippen LogP contribution in [0.4, 0.5) is 11.4 Å². The molecule has 3 rings (SSSR count). The molecular weight excluding hydrogens is 266 g/mol. The van der Waals surface area contributed by atoms with Gasteiger partial charge in [-0.3, -0.25) is 4.90 Å². The molecule has 0 amide bonds. The summed E-state index contributed by atoms with van der Waals surface area (Å²) in [5.74, 6) is -0.367. The van der Waals surface area contributed by atoms with Gasteiger partial charge in [0, 0.05) is 43.6 Å². The molecular formula is C16H23N3O2. The number of esters is 1. The first-order valence-corrected chi connectivity index (χ1v) is 7.57. The van der Waals surface area contributed by atoms with Gasteiger partial charge in [0.25, 0.3) is 0 Å². The molecule has 0 atom stereocenters. The molecule has 2 fully saturated rings. The highest BCUT2D eigenvalue weighted by atomic mass is 16.5. The summed E-state index contributed by atoms with van der Waals surface area (Å²) in [5.41, 5.74) is 8.98. The Kier molecular flexibility index (Phi) is 3.76. The van der Waals surface area contributed by atoms with Crippen LogP contribution in [0.15, 0.2) is 12.1 Å². The van der Waals surface area contributed by atoms with Crippen molar-refractivity contribution < 1.29 is 9.53 Å². The Balaban J connectivity index is 1.78. The van der Waals surface area contributed by atoms with Gasteiger partial charge in [-0.15, -0.1) is 0 Å². The second-order valence-electron chi connectivity index (χ2n) is 5.97. The van der Waals surface area contributed by atoms with Crippen molar-refractivity contribution in [3.05, 3.63) is 23.3 Å². The minimum absolute atomic E-state index is 0.367. The number of rotatable bonds is 3. The van der Waals surface area contributed by atoms with Gasteiger partial charge in [0.05, 0.1) is 12.7 Å². The van der Waals surface area contributed by atoms with Crippen LogP contribution >= 0.6 is 0 Å². The molecule has 1 aliphatic heterocycles. The third-order valence-corrected chi connectivity index (χ3v) is 4.52. The molecule has 0 bridgehead atoms. The molecule has 21 heavy (non-hydrogen) atoms. The Hall–Kier alpha value is -1.75. The predicted octanol–water partition coefficient (Wildman–Crippen LogP) is 1.65. The van der Waals surface area contributed by atoms with Crippen LogP contribution in [-0.2, 0) is 4.74 Å². The lowest BCUT2D eigenvalue weighted by Crippen LogP contribution is -2.47. The van der Waals surface area contributed by atoms with E-state index in [1.165, 1.54) is 20.0 Å². The van der Waals surface area contributed by atoms with Crippen LogP contribution in [0, 0.1) is 6.92 Å². The number of piperazine rings is 1. The standard InChI is InChI=1S/C16H23N3O2/c1-11-9-13(10-14(15(11)17)16(20)21-2)19-7-5-18(6-8-19)12-3-4-12/h9-10,12H,3-8,17H2,1-2H3. The Labute approximate surface area is 125 Å². The largest absolute Gasteiger partial charge is 0.465 e. The maximum absolute atomic E-state index is 11.8. The smallest absolute Gasteiger partial charge is 0.340 e. The van der Waals surface area contributed by atoms with Crippen LogP contribution in [-0.4, -0.2) is 50.2 Å². The molecule has 1 saturated carbocycles. The van der Waals surface area contributed by atoms with Gasteiger partial charge in [0.1, 0.15) is 0 Å². The molecule has 1 saturated heterocycles. The molecule has 5 heteroatoms. The van der Waals surface area contributed by atoms with Crippen molar-refractivity contribution >= 4 is 17.3 Å². The fraction of sp³-hybridized carbons (Fsp3) is 0.562. The van der Waals surface area contributed by atoms with E-state index in [4.69, 9.17) is 10.5 Å². The second-order valence-corrected chi connectivity index (χ2v) is 5.97. The van der Waals surface area contributed by atoms with Crippen LogP contribution in [0.2, 0.25) is 0 Å². The molecule has 2 N–H and O–H groups in total. The summed E-state index contributed by atoms with van der Waals surface area (Å²) in [7, 11) is 1.39. The Morgan fingerprint density at radius 3 is 2.48 bits per heavy atom. The maximum atomic E-state index is 11.8. The number of methoxy groups -OCH3 is 1. The first-order chi connectivity index (χ1) is 10.1. The zero-order valence-corrected chi connectivity index (χ0v) is 12.8. The molecule has 1 aromatic rings. The summed E-state index contributed by atoms with van der Waals surface area (Å²) in [5, 5.41) is 0. The van der Waals surface area contributed by atoms with Gasteiger partial charge in [-0.1, -0.05) is 0 Å². The number of nitrogens with two attached hydrogens (primary N) is 1. The van der Waals surface area contributed by atoms with E-state index in [-0.39, 0.29) is 5.97 Å². The summed E-state index contributed by atoms with van der Waals surface area (Å²) < 4.78 is 4.83. The zero-order valence-electron chi connectivity index (χ0n) is 12.8. The number of ether oxygens (including phenoxy) is 1. The number of benzene rings is 1. The van der Waals surface area contributed by atoms with Crippen molar-refractivity contribution in [3.8, 4) is 0 Å². The summed E-state index contributed by atoms with van der Waals surface area (Å²) >= 11 is 0. The fourth-order valence-corrected chi connectivity index (χ4v) is 3.03. The van der Waals surface area contributed by atoms with Gasteiger partial charge in [0.2, 0.25) is 0 Å². The van der Waals surface area contributed by atoms with Crippen molar-refractivity contribution in [2.24, 2.45) is 0 Å². The average molecular weight is 289 g/mol. The molecule has 114 valence electrons. The highest BCUT2D eigenvalue weighted by Crippen LogP contribution is 2.30. The Morgan fingerprint density at radius 1 is 1.24 bits per heavy atom. The quantitative estimate of drug-likeness (QED) is 0.677. The third kappa shape index (κ3) is 2.83. The van der Waals surface area contributed by atoms with E-state index in [0.29, 0.717) is 11.3 Å². The highest BCUT2D eigenvalue weighted by Gasteiger charge is 2.31. The molecule has 0 unspecified atom stereocenters. The first kappa shape index (κ1) is 14.2. The van der Waals surface area contributed by atoms with E-state index >= 15 is 0 Å². The Morgan fingerprint density at radius 2 is 1.90 bits per heavy atom. The van der Waals surface area contributed by atoms with Crippen molar-refractivity contribution in [2.75, 3.05) is 43.9 Å². The van der Waals surface area contributed by atoms with Gasteiger partial charge >= 0.3 is 5.97 Å². The van der Waals surface area contributed by atoms with Crippen molar-refractivity contribution in [2.45, 2.75) is 25.8 Å². The van der Waals surface area contributed by atoms with Crippen LogP contribution in [0.3, 0.4) is 0 Å². The highest BCUT2D eigenvalue weighted by molar-refractivity contribution is 5.97. The van der Waals surface area contributed by atoms with Crippen molar-refractivity contribution in [3.63, 3.8) is 0 Å². The van der Waals surface area contributed by atoms with E-state index in [0.717, 1.165) is 43.5 Å². The number of nitrogen functional groups attached to an aromatic ring is 1. The lowest BCUT2D eigenvalue weighted by Gasteiger charge is -2.36. The number of nitrogens with zero attached hydrogens (tertiary/aromatic N) is 2. The maximum Gasteiger partial charge on any atom is 0.340 e. The normalized spacial score (nSPS) is 19.6.